The van der Waals surface area contributed by atoms with E-state index in [1.54, 1.807) is 68.0 Å². The number of hydrogen-bond acceptors (Lipinski definition) is 18. The molecule has 12 heterocycles. The Bertz CT molecular complexity index is 5000. The number of thiazole rings is 6. The molecular formula is C78H42N12S6. The van der Waals surface area contributed by atoms with Crippen LogP contribution in [0.2, 0.25) is 0 Å². The molecule has 0 saturated carbocycles. The molecule has 0 radical (unpaired) electrons. The fourth-order valence-electron chi connectivity index (χ4n) is 12.5. The number of benzene rings is 7. The Morgan fingerprint density at radius 3 is 0.427 bits per heavy atom. The molecule has 0 saturated heterocycles. The number of nitrogens with zero attached hydrogens (tertiary/aromatic N) is 12. The van der Waals surface area contributed by atoms with Gasteiger partial charge in [0.15, 0.2) is 0 Å². The van der Waals surface area contributed by atoms with Gasteiger partial charge in [-0.25, -0.2) is 59.8 Å². The van der Waals surface area contributed by atoms with Gasteiger partial charge in [0.1, 0.15) is 92.1 Å². The van der Waals surface area contributed by atoms with Gasteiger partial charge in [0, 0.05) is 70.6 Å². The van der Waals surface area contributed by atoms with Gasteiger partial charge in [0.25, 0.3) is 0 Å². The lowest BCUT2D eigenvalue weighted by molar-refractivity contribution is 1.40. The predicted octanol–water partition coefficient (Wildman–Crippen LogP) is 21.7. The normalized spacial score (nSPS) is 11.8. The van der Waals surface area contributed by atoms with Gasteiger partial charge in [-0.3, -0.25) is 0 Å². The van der Waals surface area contributed by atoms with Crippen molar-refractivity contribution in [3.63, 3.8) is 0 Å². The van der Waals surface area contributed by atoms with E-state index in [0.717, 1.165) is 192 Å². The second-order valence-electron chi connectivity index (χ2n) is 22.8. The molecule has 0 bridgehead atoms. The minimum Gasteiger partial charge on any atom is -0.244 e. The number of rotatable bonds is 12. The summed E-state index contributed by atoms with van der Waals surface area (Å²) in [6, 6.07) is 77.5. The van der Waals surface area contributed by atoms with Gasteiger partial charge in [-0.05, 0) is 140 Å². The van der Waals surface area contributed by atoms with Crippen LogP contribution in [-0.4, -0.2) is 59.8 Å². The summed E-state index contributed by atoms with van der Waals surface area (Å²) in [6.45, 7) is 0. The van der Waals surface area contributed by atoms with Crippen LogP contribution in [0.3, 0.4) is 0 Å². The van der Waals surface area contributed by atoms with Gasteiger partial charge >= 0.3 is 0 Å². The smallest absolute Gasteiger partial charge is 0.143 e. The summed E-state index contributed by atoms with van der Waals surface area (Å²) in [6.07, 6.45) is 11.0. The zero-order chi connectivity index (χ0) is 63.2. The summed E-state index contributed by atoms with van der Waals surface area (Å²) in [5.41, 5.74) is 23.5. The van der Waals surface area contributed by atoms with Crippen LogP contribution in [-0.2, 0) is 0 Å². The Labute approximate surface area is 571 Å². The SMILES string of the molecule is c1cnc2sc(-c3ccc(-c4c(-c5ccc(-c6nc7cccnc7s6)cc5)c(-c5ccc(-c6nc7cccnc7s6)cc5)c(-c5ccc(-c6nc7cccnc7s6)cc5)c(-c5ccc(-c6nc7cccnc7s6)cc5)c4-c4ccc(-c5nc6cccnc6s5)cc4)cc3)nc2c1. The molecule has 0 spiro atoms. The van der Waals surface area contributed by atoms with E-state index < -0.39 is 0 Å². The second-order valence-corrected chi connectivity index (χ2v) is 28.7. The fraction of sp³-hybridized carbons (Fsp3) is 0. The molecular weight excluding hydrogens is 1300 g/mol. The summed E-state index contributed by atoms with van der Waals surface area (Å²) in [4.78, 5) is 64.1. The van der Waals surface area contributed by atoms with Gasteiger partial charge in [-0.2, -0.15) is 0 Å². The van der Waals surface area contributed by atoms with Gasteiger partial charge < -0.3 is 0 Å². The minimum absolute atomic E-state index is 0.869. The standard InChI is InChI=1S/C78H42N12S6/c1-7-55-73(79-37-1)91-67(85-55)49-25-13-43(14-26-49)61-62(44-15-27-50(28-16-44)68-86-56-8-2-38-80-74(56)92-68)64(46-19-31-52(32-20-46)70-88-58-10-4-40-82-76(58)94-70)66(48-23-35-54(36-24-48)72-90-60-12-6-42-84-78(60)96-72)65(47-21-33-53(34-22-47)71-89-59-11-5-41-83-77(59)95-71)63(61)45-17-29-51(30-18-45)69-87-57-9-3-39-81-75(57)93-69/h1-42H. The monoisotopic (exact) mass is 1340 g/mol. The van der Waals surface area contributed by atoms with Crippen LogP contribution >= 0.6 is 68.0 Å². The van der Waals surface area contributed by atoms with Crippen molar-refractivity contribution in [1.29, 1.82) is 0 Å². The first-order valence-electron chi connectivity index (χ1n) is 30.7. The molecule has 12 aromatic heterocycles. The van der Waals surface area contributed by atoms with Crippen LogP contribution in [0.5, 0.6) is 0 Å². The Kier molecular flexibility index (Phi) is 13.7. The van der Waals surface area contributed by atoms with E-state index in [2.05, 4.69) is 175 Å². The molecule has 0 aliphatic rings. The molecule has 96 heavy (non-hydrogen) atoms. The topological polar surface area (TPSA) is 155 Å². The largest absolute Gasteiger partial charge is 0.244 e. The van der Waals surface area contributed by atoms with E-state index in [-0.39, 0.29) is 0 Å². The molecule has 0 aliphatic carbocycles. The maximum absolute atomic E-state index is 5.10. The van der Waals surface area contributed by atoms with E-state index in [0.29, 0.717) is 0 Å². The zero-order valence-corrected chi connectivity index (χ0v) is 55.0. The quantitative estimate of drug-likeness (QED) is 0.114. The molecule has 0 atom stereocenters. The average molecular weight is 1340 g/mol. The van der Waals surface area contributed by atoms with Crippen molar-refractivity contribution in [2.45, 2.75) is 0 Å². The Hall–Kier alpha value is -11.2. The molecule has 0 unspecified atom stereocenters. The van der Waals surface area contributed by atoms with Crippen LogP contribution in [0.25, 0.3) is 192 Å². The van der Waals surface area contributed by atoms with Gasteiger partial charge in [0.05, 0.1) is 0 Å². The van der Waals surface area contributed by atoms with Crippen LogP contribution in [0.4, 0.5) is 0 Å². The van der Waals surface area contributed by atoms with Crippen molar-refractivity contribution in [2.24, 2.45) is 0 Å². The highest BCUT2D eigenvalue weighted by Crippen LogP contribution is 2.57. The Morgan fingerprint density at radius 1 is 0.156 bits per heavy atom. The maximum atomic E-state index is 5.10. The first-order valence-corrected chi connectivity index (χ1v) is 35.6. The summed E-state index contributed by atoms with van der Waals surface area (Å²) in [7, 11) is 0. The van der Waals surface area contributed by atoms with E-state index in [1.165, 1.54) is 0 Å². The third-order valence-corrected chi connectivity index (χ3v) is 23.2. The molecule has 0 fully saturated rings. The van der Waals surface area contributed by atoms with Crippen LogP contribution in [0, 0.1) is 0 Å². The van der Waals surface area contributed by atoms with Crippen molar-refractivity contribution >= 4 is 130 Å². The molecule has 19 rings (SSSR count). The van der Waals surface area contributed by atoms with E-state index in [9.17, 15) is 0 Å². The molecule has 19 aromatic rings. The summed E-state index contributed by atoms with van der Waals surface area (Å²) >= 11 is 9.57. The van der Waals surface area contributed by atoms with Crippen LogP contribution in [0.1, 0.15) is 0 Å². The average Bonchev–Trinajstić information content (AvgIpc) is 1.15. The zero-order valence-electron chi connectivity index (χ0n) is 50.1. The molecule has 7 aromatic carbocycles. The van der Waals surface area contributed by atoms with Gasteiger partial charge in [-0.15, -0.1) is 0 Å². The number of fused-ring (bicyclic) bond motifs is 6. The Morgan fingerprint density at radius 2 is 0.292 bits per heavy atom. The van der Waals surface area contributed by atoms with Crippen molar-refractivity contribution in [3.05, 3.63) is 256 Å². The highest BCUT2D eigenvalue weighted by molar-refractivity contribution is 7.23. The fourth-order valence-corrected chi connectivity index (χ4v) is 18.0. The van der Waals surface area contributed by atoms with E-state index >= 15 is 0 Å². The van der Waals surface area contributed by atoms with Crippen molar-refractivity contribution in [2.75, 3.05) is 0 Å². The lowest BCUT2D eigenvalue weighted by Gasteiger charge is -2.29. The molecule has 18 heteroatoms. The molecule has 0 aliphatic heterocycles. The first-order chi connectivity index (χ1) is 47.5. The molecule has 0 amide bonds. The van der Waals surface area contributed by atoms with Crippen molar-refractivity contribution in [1.82, 2.24) is 59.8 Å². The first kappa shape index (κ1) is 56.3. The molecule has 0 N–H and O–H groups in total. The van der Waals surface area contributed by atoms with Crippen molar-refractivity contribution < 1.29 is 0 Å². The van der Waals surface area contributed by atoms with Crippen LogP contribution < -0.4 is 0 Å². The number of aromatic nitrogens is 12. The van der Waals surface area contributed by atoms with Gasteiger partial charge in [-0.1, -0.05) is 214 Å². The highest BCUT2D eigenvalue weighted by Gasteiger charge is 2.31. The minimum atomic E-state index is 0.869. The number of hydrogen-bond donors (Lipinski definition) is 0. The van der Waals surface area contributed by atoms with Crippen molar-refractivity contribution in [3.8, 4) is 130 Å². The van der Waals surface area contributed by atoms with E-state index in [4.69, 9.17) is 29.9 Å². The highest BCUT2D eigenvalue weighted by atomic mass is 32.1. The predicted molar refractivity (Wildman–Crippen MR) is 398 cm³/mol. The van der Waals surface area contributed by atoms with Crippen LogP contribution in [0.15, 0.2) is 256 Å². The molecule has 450 valence electrons. The summed E-state index contributed by atoms with van der Waals surface area (Å²) < 4.78 is 0. The lowest BCUT2D eigenvalue weighted by atomic mass is 9.74. The maximum Gasteiger partial charge on any atom is 0.143 e. The third kappa shape index (κ3) is 10.0. The number of pyridine rings is 6. The summed E-state index contributed by atoms with van der Waals surface area (Å²) in [5.74, 6) is 0. The van der Waals surface area contributed by atoms with Gasteiger partial charge in [0.2, 0.25) is 0 Å². The Balaban J connectivity index is 0.925. The lowest BCUT2D eigenvalue weighted by Crippen LogP contribution is -2.02. The second kappa shape index (κ2) is 23.4. The third-order valence-electron chi connectivity index (χ3n) is 17.0. The molecule has 12 nitrogen and oxygen atoms in total. The summed E-state index contributed by atoms with van der Waals surface area (Å²) in [5, 5.41) is 5.37. The van der Waals surface area contributed by atoms with E-state index in [1.807, 2.05) is 110 Å².